The van der Waals surface area contributed by atoms with Gasteiger partial charge in [0.25, 0.3) is 0 Å². The zero-order chi connectivity index (χ0) is 21.9. The quantitative estimate of drug-likeness (QED) is 0.171. The third-order valence-corrected chi connectivity index (χ3v) is 6.63. The summed E-state index contributed by atoms with van der Waals surface area (Å²) in [7, 11) is 0. The molecule has 0 aliphatic heterocycles. The van der Waals surface area contributed by atoms with E-state index in [1.165, 1.54) is 35.5 Å². The molecule has 30 heavy (non-hydrogen) atoms. The van der Waals surface area contributed by atoms with Crippen molar-refractivity contribution >= 4 is 22.6 Å². The van der Waals surface area contributed by atoms with Gasteiger partial charge in [0.1, 0.15) is 6.71 Å². The van der Waals surface area contributed by atoms with Crippen molar-refractivity contribution in [2.45, 2.75) is 102 Å². The molecule has 0 radical (unpaired) electrons. The Labute approximate surface area is 192 Å². The number of nitrogens with zero attached hydrogens (tertiary/aromatic N) is 3. The molecule has 1 aromatic carbocycles. The largest absolute Gasteiger partial charge is 0.198 e. The van der Waals surface area contributed by atoms with Crippen molar-refractivity contribution in [2.75, 3.05) is 0 Å². The van der Waals surface area contributed by atoms with E-state index < -0.39 is 0 Å². The third kappa shape index (κ3) is 11.4. The van der Waals surface area contributed by atoms with Gasteiger partial charge in [-0.05, 0) is 36.7 Å². The SMILES string of the molecule is N#CCCCCCB(CCCCCC#N)C(CCCCCC#N)c1ccccc1Br. The van der Waals surface area contributed by atoms with Crippen LogP contribution in [0.3, 0.4) is 0 Å². The molecule has 0 saturated heterocycles. The molecule has 0 saturated carbocycles. The number of halogens is 1. The molecule has 3 nitrogen and oxygen atoms in total. The van der Waals surface area contributed by atoms with Gasteiger partial charge in [0.05, 0.1) is 18.2 Å². The maximum absolute atomic E-state index is 8.80. The van der Waals surface area contributed by atoms with Gasteiger partial charge in [-0.2, -0.15) is 15.8 Å². The van der Waals surface area contributed by atoms with Crippen LogP contribution in [-0.4, -0.2) is 6.71 Å². The van der Waals surface area contributed by atoms with Crippen molar-refractivity contribution in [2.24, 2.45) is 0 Å². The van der Waals surface area contributed by atoms with E-state index in [0.29, 0.717) is 31.8 Å². The van der Waals surface area contributed by atoms with Gasteiger partial charge < -0.3 is 0 Å². The van der Waals surface area contributed by atoms with Crippen LogP contribution in [0, 0.1) is 34.0 Å². The Morgan fingerprint density at radius 2 is 1.20 bits per heavy atom. The number of hydrogen-bond acceptors (Lipinski definition) is 3. The van der Waals surface area contributed by atoms with E-state index in [9.17, 15) is 0 Å². The minimum atomic E-state index is 0.523. The maximum atomic E-state index is 8.80. The summed E-state index contributed by atoms with van der Waals surface area (Å²) < 4.78 is 1.20. The summed E-state index contributed by atoms with van der Waals surface area (Å²) in [5.41, 5.74) is 1.41. The van der Waals surface area contributed by atoms with Gasteiger partial charge in [-0.25, -0.2) is 0 Å². The van der Waals surface area contributed by atoms with E-state index in [-0.39, 0.29) is 0 Å². The smallest absolute Gasteiger partial charge is 0.148 e. The van der Waals surface area contributed by atoms with Crippen LogP contribution in [0.4, 0.5) is 0 Å². The molecule has 1 atom stereocenters. The molecule has 0 aromatic heterocycles. The highest BCUT2D eigenvalue weighted by Crippen LogP contribution is 2.35. The van der Waals surface area contributed by atoms with Crippen molar-refractivity contribution in [1.29, 1.82) is 15.8 Å². The second kappa shape index (κ2) is 18.0. The minimum Gasteiger partial charge on any atom is -0.198 e. The topological polar surface area (TPSA) is 71.4 Å². The summed E-state index contributed by atoms with van der Waals surface area (Å²) in [6.07, 6.45) is 15.4. The first-order valence-electron chi connectivity index (χ1n) is 11.6. The van der Waals surface area contributed by atoms with Crippen molar-refractivity contribution in [3.05, 3.63) is 34.3 Å². The highest BCUT2D eigenvalue weighted by atomic mass is 79.9. The van der Waals surface area contributed by atoms with Gasteiger partial charge in [-0.1, -0.05) is 91.7 Å². The predicted molar refractivity (Wildman–Crippen MR) is 129 cm³/mol. The van der Waals surface area contributed by atoms with Crippen molar-refractivity contribution in [3.63, 3.8) is 0 Å². The Balaban J connectivity index is 2.82. The fourth-order valence-corrected chi connectivity index (χ4v) is 4.87. The van der Waals surface area contributed by atoms with E-state index >= 15 is 0 Å². The molecule has 0 bridgehead atoms. The number of nitriles is 3. The Bertz CT molecular complexity index is 678. The number of unbranched alkanes of at least 4 members (excludes halogenated alkanes) is 9. The molecule has 5 heteroatoms. The fraction of sp³-hybridized carbons (Fsp3) is 0.640. The summed E-state index contributed by atoms with van der Waals surface area (Å²) in [6.45, 7) is 0.629. The van der Waals surface area contributed by atoms with Gasteiger partial charge in [-0.15, -0.1) is 0 Å². The van der Waals surface area contributed by atoms with Crippen LogP contribution in [0.1, 0.15) is 94.9 Å². The maximum Gasteiger partial charge on any atom is 0.148 e. The molecule has 1 unspecified atom stereocenters. The lowest BCUT2D eigenvalue weighted by molar-refractivity contribution is 0.623. The lowest BCUT2D eigenvalue weighted by atomic mass is 9.34. The average Bonchev–Trinajstić information content (AvgIpc) is 2.75. The first kappa shape index (κ1) is 26.3. The van der Waals surface area contributed by atoms with Crippen LogP contribution < -0.4 is 0 Å². The average molecular weight is 468 g/mol. The van der Waals surface area contributed by atoms with E-state index in [0.717, 1.165) is 51.4 Å². The molecular weight excluding hydrogens is 433 g/mol. The van der Waals surface area contributed by atoms with Crippen molar-refractivity contribution < 1.29 is 0 Å². The van der Waals surface area contributed by atoms with Gasteiger partial charge in [0.2, 0.25) is 0 Å². The fourth-order valence-electron chi connectivity index (χ4n) is 4.29. The molecule has 0 spiro atoms. The summed E-state index contributed by atoms with van der Waals surface area (Å²) in [6, 6.07) is 15.4. The number of rotatable bonds is 17. The summed E-state index contributed by atoms with van der Waals surface area (Å²) >= 11 is 3.79. The molecule has 0 aliphatic rings. The molecule has 160 valence electrons. The zero-order valence-electron chi connectivity index (χ0n) is 18.3. The molecule has 1 aromatic rings. The molecule has 0 amide bonds. The summed E-state index contributed by atoms with van der Waals surface area (Å²) in [4.78, 5) is 0. The van der Waals surface area contributed by atoms with Crippen LogP contribution in [0.2, 0.25) is 12.6 Å². The number of hydrogen-bond donors (Lipinski definition) is 0. The lowest BCUT2D eigenvalue weighted by Crippen LogP contribution is -2.24. The van der Waals surface area contributed by atoms with Crippen LogP contribution in [0.5, 0.6) is 0 Å². The normalized spacial score (nSPS) is 11.3. The molecule has 0 fully saturated rings. The standard InChI is InChI=1S/C25H35BBrN3/c27-25-17-9-8-15-23(25)24(16-7-1-4-12-20-28)26(18-10-2-5-13-21-29)19-11-3-6-14-22-30/h8-9,15,17,24H,1-7,10-14,16,18-19H2. The van der Waals surface area contributed by atoms with Crippen LogP contribution in [0.15, 0.2) is 28.7 Å². The van der Waals surface area contributed by atoms with Crippen LogP contribution in [0.25, 0.3) is 0 Å². The monoisotopic (exact) mass is 467 g/mol. The van der Waals surface area contributed by atoms with Crippen molar-refractivity contribution in [3.8, 4) is 18.2 Å². The lowest BCUT2D eigenvalue weighted by Gasteiger charge is -2.27. The molecule has 0 heterocycles. The first-order chi connectivity index (χ1) is 14.7. The van der Waals surface area contributed by atoms with E-state index in [4.69, 9.17) is 15.8 Å². The van der Waals surface area contributed by atoms with Gasteiger partial charge in [0, 0.05) is 23.7 Å². The first-order valence-corrected chi connectivity index (χ1v) is 12.4. The van der Waals surface area contributed by atoms with E-state index in [2.05, 4.69) is 58.4 Å². The van der Waals surface area contributed by atoms with Gasteiger partial charge in [-0.3, -0.25) is 0 Å². The molecule has 1 rings (SSSR count). The molecular formula is C25H35BBrN3. The van der Waals surface area contributed by atoms with Crippen LogP contribution in [-0.2, 0) is 0 Å². The Hall–Kier alpha value is -1.77. The third-order valence-electron chi connectivity index (χ3n) is 5.90. The Morgan fingerprint density at radius 1 is 0.700 bits per heavy atom. The Morgan fingerprint density at radius 3 is 1.70 bits per heavy atom. The minimum absolute atomic E-state index is 0.523. The van der Waals surface area contributed by atoms with Gasteiger partial charge >= 0.3 is 0 Å². The highest BCUT2D eigenvalue weighted by molar-refractivity contribution is 9.10. The highest BCUT2D eigenvalue weighted by Gasteiger charge is 2.27. The summed E-state index contributed by atoms with van der Waals surface area (Å²) in [5, 5.41) is 26.4. The zero-order valence-corrected chi connectivity index (χ0v) is 19.9. The van der Waals surface area contributed by atoms with Crippen molar-refractivity contribution in [1.82, 2.24) is 0 Å². The molecule has 0 aliphatic carbocycles. The predicted octanol–water partition coefficient (Wildman–Crippen LogP) is 8.21. The van der Waals surface area contributed by atoms with Gasteiger partial charge in [0.15, 0.2) is 0 Å². The molecule has 0 N–H and O–H groups in total. The second-order valence-corrected chi connectivity index (χ2v) is 9.01. The Kier molecular flexibility index (Phi) is 15.8. The van der Waals surface area contributed by atoms with E-state index in [1.54, 1.807) is 0 Å². The number of benzene rings is 1. The van der Waals surface area contributed by atoms with E-state index in [1.807, 2.05) is 0 Å². The second-order valence-electron chi connectivity index (χ2n) is 8.16. The summed E-state index contributed by atoms with van der Waals surface area (Å²) in [5.74, 6) is 0.523. The van der Waals surface area contributed by atoms with Crippen LogP contribution >= 0.6 is 15.9 Å².